The van der Waals surface area contributed by atoms with Crippen LogP contribution in [-0.4, -0.2) is 29.3 Å². The first-order valence-electron chi connectivity index (χ1n) is 6.60. The van der Waals surface area contributed by atoms with Crippen LogP contribution in [0.15, 0.2) is 0 Å². The molecule has 0 aromatic carbocycles. The van der Waals surface area contributed by atoms with E-state index in [0.717, 1.165) is 6.42 Å². The number of halogens is 2. The molecule has 17 heavy (non-hydrogen) atoms. The summed E-state index contributed by atoms with van der Waals surface area (Å²) in [5.41, 5.74) is -0.782. The molecule has 1 heterocycles. The Morgan fingerprint density at radius 3 is 2.71 bits per heavy atom. The summed E-state index contributed by atoms with van der Waals surface area (Å²) in [6.45, 7) is 2.47. The van der Waals surface area contributed by atoms with Crippen molar-refractivity contribution in [1.29, 1.82) is 0 Å². The lowest BCUT2D eigenvalue weighted by atomic mass is 9.76. The third-order valence-electron chi connectivity index (χ3n) is 4.05. The Balaban J connectivity index is 1.91. The van der Waals surface area contributed by atoms with Crippen molar-refractivity contribution in [3.8, 4) is 0 Å². The van der Waals surface area contributed by atoms with Gasteiger partial charge in [0, 0.05) is 25.9 Å². The molecule has 2 nitrogen and oxygen atoms in total. The summed E-state index contributed by atoms with van der Waals surface area (Å²) in [6.07, 6.45) is 3.09. The molecule has 0 aromatic heterocycles. The normalized spacial score (nSPS) is 42.4. The topological polar surface area (TPSA) is 29.5 Å². The van der Waals surface area contributed by atoms with Gasteiger partial charge in [0.25, 0.3) is 0 Å². The predicted molar refractivity (Wildman–Crippen MR) is 61.1 cm³/mol. The second-order valence-electron chi connectivity index (χ2n) is 5.88. The minimum atomic E-state index is -2.52. The van der Waals surface area contributed by atoms with Gasteiger partial charge < -0.3 is 9.84 Å². The SMILES string of the molecule is CC1CC(O)(CC2CCCC(F)(F)C2)CCO1. The van der Waals surface area contributed by atoms with E-state index in [4.69, 9.17) is 4.74 Å². The average molecular weight is 248 g/mol. The fourth-order valence-corrected chi connectivity index (χ4v) is 3.32. The maximum atomic E-state index is 13.3. The van der Waals surface area contributed by atoms with Gasteiger partial charge >= 0.3 is 0 Å². The lowest BCUT2D eigenvalue weighted by Crippen LogP contribution is -2.42. The van der Waals surface area contributed by atoms with E-state index >= 15 is 0 Å². The molecule has 2 rings (SSSR count). The smallest absolute Gasteiger partial charge is 0.248 e. The zero-order valence-corrected chi connectivity index (χ0v) is 10.4. The molecule has 3 atom stereocenters. The number of hydrogen-bond acceptors (Lipinski definition) is 2. The van der Waals surface area contributed by atoms with E-state index in [-0.39, 0.29) is 24.9 Å². The number of aliphatic hydroxyl groups is 1. The standard InChI is InChI=1S/C13H22F2O2/c1-10-7-12(16,5-6-17-10)8-11-3-2-4-13(14,15)9-11/h10-11,16H,2-9H2,1H3. The summed E-state index contributed by atoms with van der Waals surface area (Å²) >= 11 is 0. The molecule has 1 N–H and O–H groups in total. The fourth-order valence-electron chi connectivity index (χ4n) is 3.32. The van der Waals surface area contributed by atoms with Crippen molar-refractivity contribution in [2.24, 2.45) is 5.92 Å². The molecule has 4 heteroatoms. The van der Waals surface area contributed by atoms with Crippen LogP contribution in [-0.2, 0) is 4.74 Å². The molecule has 0 radical (unpaired) electrons. The van der Waals surface area contributed by atoms with Crippen LogP contribution >= 0.6 is 0 Å². The number of alkyl halides is 2. The van der Waals surface area contributed by atoms with Crippen molar-refractivity contribution in [3.63, 3.8) is 0 Å². The Kier molecular flexibility index (Phi) is 3.74. The Morgan fingerprint density at radius 1 is 1.29 bits per heavy atom. The van der Waals surface area contributed by atoms with Crippen LogP contribution in [0.4, 0.5) is 8.78 Å². The van der Waals surface area contributed by atoms with Gasteiger partial charge in [0.1, 0.15) is 0 Å². The minimum Gasteiger partial charge on any atom is -0.390 e. The minimum absolute atomic E-state index is 0.0153. The Hall–Kier alpha value is -0.220. The Labute approximate surface area is 101 Å². The van der Waals surface area contributed by atoms with Gasteiger partial charge in [-0.25, -0.2) is 8.78 Å². The first kappa shape index (κ1) is 13.2. The lowest BCUT2D eigenvalue weighted by molar-refractivity contribution is -0.120. The molecule has 0 bridgehead atoms. The van der Waals surface area contributed by atoms with Crippen LogP contribution < -0.4 is 0 Å². The van der Waals surface area contributed by atoms with Gasteiger partial charge in [-0.2, -0.15) is 0 Å². The summed E-state index contributed by atoms with van der Waals surface area (Å²) in [4.78, 5) is 0. The summed E-state index contributed by atoms with van der Waals surface area (Å²) < 4.78 is 32.0. The molecule has 0 aromatic rings. The average Bonchev–Trinajstić information content (AvgIpc) is 2.14. The van der Waals surface area contributed by atoms with Crippen LogP contribution in [0.2, 0.25) is 0 Å². The second kappa shape index (κ2) is 4.81. The zero-order chi connectivity index (χ0) is 12.5. The van der Waals surface area contributed by atoms with E-state index in [1.165, 1.54) is 0 Å². The maximum absolute atomic E-state index is 13.3. The van der Waals surface area contributed by atoms with Gasteiger partial charge in [0.05, 0.1) is 11.7 Å². The molecule has 1 aliphatic heterocycles. The van der Waals surface area contributed by atoms with E-state index in [0.29, 0.717) is 32.3 Å². The highest BCUT2D eigenvalue weighted by atomic mass is 19.3. The molecule has 2 fully saturated rings. The van der Waals surface area contributed by atoms with Crippen LogP contribution in [0, 0.1) is 5.92 Å². The van der Waals surface area contributed by atoms with E-state index < -0.39 is 11.5 Å². The van der Waals surface area contributed by atoms with Crippen LogP contribution in [0.25, 0.3) is 0 Å². The van der Waals surface area contributed by atoms with E-state index in [2.05, 4.69) is 0 Å². The fraction of sp³-hybridized carbons (Fsp3) is 1.00. The monoisotopic (exact) mass is 248 g/mol. The Bertz CT molecular complexity index is 270. The summed E-state index contributed by atoms with van der Waals surface area (Å²) in [5, 5.41) is 10.4. The number of hydrogen-bond donors (Lipinski definition) is 1. The van der Waals surface area contributed by atoms with Gasteiger partial charge in [-0.05, 0) is 38.5 Å². The van der Waals surface area contributed by atoms with Crippen molar-refractivity contribution in [2.75, 3.05) is 6.61 Å². The van der Waals surface area contributed by atoms with Crippen LogP contribution in [0.1, 0.15) is 51.9 Å². The Morgan fingerprint density at radius 2 is 2.06 bits per heavy atom. The second-order valence-corrected chi connectivity index (χ2v) is 5.88. The summed E-state index contributed by atoms with van der Waals surface area (Å²) in [5.74, 6) is -2.55. The highest BCUT2D eigenvalue weighted by molar-refractivity contribution is 4.89. The van der Waals surface area contributed by atoms with Crippen LogP contribution in [0.3, 0.4) is 0 Å². The van der Waals surface area contributed by atoms with Gasteiger partial charge in [0.2, 0.25) is 5.92 Å². The summed E-state index contributed by atoms with van der Waals surface area (Å²) in [6, 6.07) is 0. The van der Waals surface area contributed by atoms with E-state index in [1.807, 2.05) is 6.92 Å². The van der Waals surface area contributed by atoms with Crippen molar-refractivity contribution in [3.05, 3.63) is 0 Å². The lowest BCUT2D eigenvalue weighted by Gasteiger charge is -2.40. The van der Waals surface area contributed by atoms with E-state index in [1.54, 1.807) is 0 Å². The van der Waals surface area contributed by atoms with Gasteiger partial charge in [-0.3, -0.25) is 0 Å². The first-order valence-corrected chi connectivity index (χ1v) is 6.60. The third-order valence-corrected chi connectivity index (χ3v) is 4.05. The van der Waals surface area contributed by atoms with Gasteiger partial charge in [-0.1, -0.05) is 0 Å². The maximum Gasteiger partial charge on any atom is 0.248 e. The van der Waals surface area contributed by atoms with Crippen molar-refractivity contribution in [2.45, 2.75) is 69.5 Å². The molecular weight excluding hydrogens is 226 g/mol. The number of ether oxygens (including phenoxy) is 1. The quantitative estimate of drug-likeness (QED) is 0.813. The number of rotatable bonds is 2. The first-order chi connectivity index (χ1) is 7.89. The molecule has 1 saturated heterocycles. The third kappa shape index (κ3) is 3.62. The predicted octanol–water partition coefficient (Wildman–Crippen LogP) is 3.13. The van der Waals surface area contributed by atoms with E-state index in [9.17, 15) is 13.9 Å². The highest BCUT2D eigenvalue weighted by Gasteiger charge is 2.41. The van der Waals surface area contributed by atoms with Crippen molar-refractivity contribution < 1.29 is 18.6 Å². The molecule has 100 valence electrons. The molecule has 1 saturated carbocycles. The van der Waals surface area contributed by atoms with Crippen molar-refractivity contribution in [1.82, 2.24) is 0 Å². The highest BCUT2D eigenvalue weighted by Crippen LogP contribution is 2.42. The van der Waals surface area contributed by atoms with Gasteiger partial charge in [0.15, 0.2) is 0 Å². The molecule has 1 aliphatic carbocycles. The van der Waals surface area contributed by atoms with Crippen molar-refractivity contribution >= 4 is 0 Å². The zero-order valence-electron chi connectivity index (χ0n) is 10.4. The molecule has 3 unspecified atom stereocenters. The molecule has 0 spiro atoms. The molecule has 2 aliphatic rings. The summed E-state index contributed by atoms with van der Waals surface area (Å²) in [7, 11) is 0. The molecule has 0 amide bonds. The molecular formula is C13H22F2O2. The van der Waals surface area contributed by atoms with Gasteiger partial charge in [-0.15, -0.1) is 0 Å². The van der Waals surface area contributed by atoms with Crippen LogP contribution in [0.5, 0.6) is 0 Å². The largest absolute Gasteiger partial charge is 0.390 e.